The summed E-state index contributed by atoms with van der Waals surface area (Å²) >= 11 is 0. The summed E-state index contributed by atoms with van der Waals surface area (Å²) in [6, 6.07) is 0. The van der Waals surface area contributed by atoms with Gasteiger partial charge in [-0.25, -0.2) is 0 Å². The number of likely N-dealkylation sites (tertiary alicyclic amines) is 1. The Morgan fingerprint density at radius 1 is 1.39 bits per heavy atom. The van der Waals surface area contributed by atoms with Crippen molar-refractivity contribution >= 4 is 5.91 Å². The number of ether oxygens (including phenoxy) is 1. The van der Waals surface area contributed by atoms with Crippen LogP contribution in [0.5, 0.6) is 0 Å². The molecule has 2 aliphatic rings. The molecule has 2 saturated heterocycles. The maximum atomic E-state index is 12.7. The number of rotatable bonds is 3. The molecule has 4 nitrogen and oxygen atoms in total. The number of amides is 1. The minimum Gasteiger partial charge on any atom is -0.381 e. The molecular formula is C14H26N2O2. The molecule has 1 atom stereocenters. The second-order valence-corrected chi connectivity index (χ2v) is 5.86. The molecular weight excluding hydrogens is 228 g/mol. The van der Waals surface area contributed by atoms with Crippen molar-refractivity contribution in [3.05, 3.63) is 0 Å². The molecule has 18 heavy (non-hydrogen) atoms. The molecule has 1 N–H and O–H groups in total. The Morgan fingerprint density at radius 2 is 2.11 bits per heavy atom. The molecule has 0 radical (unpaired) electrons. The molecule has 0 saturated carbocycles. The highest BCUT2D eigenvalue weighted by atomic mass is 16.5. The first kappa shape index (κ1) is 13.8. The van der Waals surface area contributed by atoms with Crippen molar-refractivity contribution in [3.8, 4) is 0 Å². The fraction of sp³-hybridized carbons (Fsp3) is 0.929. The number of nitrogens with one attached hydrogen (secondary N) is 1. The predicted octanol–water partition coefficient (Wildman–Crippen LogP) is 1.40. The van der Waals surface area contributed by atoms with Gasteiger partial charge in [0.15, 0.2) is 0 Å². The van der Waals surface area contributed by atoms with Crippen LogP contribution in [0.2, 0.25) is 0 Å². The van der Waals surface area contributed by atoms with E-state index in [1.54, 1.807) is 0 Å². The number of hydrogen-bond donors (Lipinski definition) is 1. The van der Waals surface area contributed by atoms with E-state index < -0.39 is 0 Å². The Morgan fingerprint density at radius 3 is 2.78 bits per heavy atom. The summed E-state index contributed by atoms with van der Waals surface area (Å²) in [6.45, 7) is 5.52. The van der Waals surface area contributed by atoms with Crippen LogP contribution < -0.4 is 5.32 Å². The standard InChI is InChI=1S/C14H26N2O2/c1-14(11-15-2)7-3-4-8-16(14)13(17)12-5-9-18-10-6-12/h12,15H,3-11H2,1-2H3. The molecule has 2 aliphatic heterocycles. The van der Waals surface area contributed by atoms with Crippen molar-refractivity contribution in [3.63, 3.8) is 0 Å². The minimum atomic E-state index is 0.00237. The van der Waals surface area contributed by atoms with E-state index in [0.717, 1.165) is 52.0 Å². The topological polar surface area (TPSA) is 41.6 Å². The molecule has 0 aliphatic carbocycles. The molecule has 1 amide bonds. The maximum Gasteiger partial charge on any atom is 0.226 e. The number of carbonyl (C=O) groups is 1. The zero-order valence-corrected chi connectivity index (χ0v) is 11.7. The van der Waals surface area contributed by atoms with Crippen LogP contribution in [0.15, 0.2) is 0 Å². The average Bonchev–Trinajstić information content (AvgIpc) is 2.39. The lowest BCUT2D eigenvalue weighted by molar-refractivity contribution is -0.146. The van der Waals surface area contributed by atoms with Crippen molar-refractivity contribution in [1.82, 2.24) is 10.2 Å². The third kappa shape index (κ3) is 2.86. The molecule has 1 unspecified atom stereocenters. The van der Waals surface area contributed by atoms with Gasteiger partial charge in [-0.2, -0.15) is 0 Å². The Balaban J connectivity index is 2.05. The number of piperidine rings is 1. The lowest BCUT2D eigenvalue weighted by Crippen LogP contribution is -2.58. The molecule has 0 aromatic carbocycles. The Bertz CT molecular complexity index is 286. The Kier molecular flexibility index (Phi) is 4.62. The summed E-state index contributed by atoms with van der Waals surface area (Å²) in [6.07, 6.45) is 5.28. The van der Waals surface area contributed by atoms with Gasteiger partial charge in [-0.05, 0) is 46.1 Å². The van der Waals surface area contributed by atoms with Crippen LogP contribution in [-0.2, 0) is 9.53 Å². The van der Waals surface area contributed by atoms with E-state index >= 15 is 0 Å². The normalized spacial score (nSPS) is 30.4. The van der Waals surface area contributed by atoms with Crippen LogP contribution in [-0.4, -0.2) is 49.7 Å². The van der Waals surface area contributed by atoms with Gasteiger partial charge in [0.2, 0.25) is 5.91 Å². The number of likely N-dealkylation sites (N-methyl/N-ethyl adjacent to an activating group) is 1. The highest BCUT2D eigenvalue weighted by Gasteiger charge is 2.39. The minimum absolute atomic E-state index is 0.00237. The van der Waals surface area contributed by atoms with Gasteiger partial charge in [0.1, 0.15) is 0 Å². The summed E-state index contributed by atoms with van der Waals surface area (Å²) in [4.78, 5) is 14.8. The van der Waals surface area contributed by atoms with Crippen molar-refractivity contribution in [1.29, 1.82) is 0 Å². The largest absolute Gasteiger partial charge is 0.381 e. The first-order valence-electron chi connectivity index (χ1n) is 7.21. The highest BCUT2D eigenvalue weighted by Crippen LogP contribution is 2.30. The first-order valence-corrected chi connectivity index (χ1v) is 7.21. The zero-order chi connectivity index (χ0) is 13.0. The van der Waals surface area contributed by atoms with E-state index in [9.17, 15) is 4.79 Å². The third-order valence-electron chi connectivity index (χ3n) is 4.39. The number of carbonyl (C=O) groups excluding carboxylic acids is 1. The molecule has 2 fully saturated rings. The van der Waals surface area contributed by atoms with E-state index in [2.05, 4.69) is 17.1 Å². The lowest BCUT2D eigenvalue weighted by Gasteiger charge is -2.46. The fourth-order valence-electron chi connectivity index (χ4n) is 3.29. The second-order valence-electron chi connectivity index (χ2n) is 5.86. The van der Waals surface area contributed by atoms with E-state index in [0.29, 0.717) is 5.91 Å². The van der Waals surface area contributed by atoms with Crippen molar-refractivity contribution in [2.75, 3.05) is 33.4 Å². The van der Waals surface area contributed by atoms with E-state index in [1.165, 1.54) is 6.42 Å². The molecule has 4 heteroatoms. The lowest BCUT2D eigenvalue weighted by atomic mass is 9.86. The van der Waals surface area contributed by atoms with E-state index in [4.69, 9.17) is 4.74 Å². The average molecular weight is 254 g/mol. The van der Waals surface area contributed by atoms with Crippen molar-refractivity contribution in [2.45, 2.75) is 44.6 Å². The summed E-state index contributed by atoms with van der Waals surface area (Å²) in [5, 5.41) is 3.25. The highest BCUT2D eigenvalue weighted by molar-refractivity contribution is 5.80. The molecule has 0 aromatic rings. The van der Waals surface area contributed by atoms with Crippen LogP contribution in [0.1, 0.15) is 39.0 Å². The molecule has 2 rings (SSSR count). The molecule has 0 spiro atoms. The summed E-state index contributed by atoms with van der Waals surface area (Å²) in [5.41, 5.74) is 0.00237. The van der Waals surface area contributed by atoms with Crippen molar-refractivity contribution < 1.29 is 9.53 Å². The van der Waals surface area contributed by atoms with Crippen LogP contribution in [0.4, 0.5) is 0 Å². The third-order valence-corrected chi connectivity index (χ3v) is 4.39. The number of nitrogens with zero attached hydrogens (tertiary/aromatic N) is 1. The second kappa shape index (κ2) is 6.02. The Hall–Kier alpha value is -0.610. The predicted molar refractivity (Wildman–Crippen MR) is 71.4 cm³/mol. The maximum absolute atomic E-state index is 12.7. The first-order chi connectivity index (χ1) is 8.67. The van der Waals surface area contributed by atoms with Gasteiger partial charge in [-0.15, -0.1) is 0 Å². The monoisotopic (exact) mass is 254 g/mol. The van der Waals surface area contributed by atoms with Gasteiger partial charge < -0.3 is 15.0 Å². The molecule has 0 bridgehead atoms. The van der Waals surface area contributed by atoms with Crippen LogP contribution in [0.25, 0.3) is 0 Å². The van der Waals surface area contributed by atoms with Crippen LogP contribution in [0.3, 0.4) is 0 Å². The van der Waals surface area contributed by atoms with Crippen molar-refractivity contribution in [2.24, 2.45) is 5.92 Å². The zero-order valence-electron chi connectivity index (χ0n) is 11.7. The summed E-state index contributed by atoms with van der Waals surface area (Å²) in [5.74, 6) is 0.545. The Labute approximate surface area is 110 Å². The van der Waals surface area contributed by atoms with Gasteiger partial charge in [0.25, 0.3) is 0 Å². The van der Waals surface area contributed by atoms with Gasteiger partial charge in [-0.1, -0.05) is 0 Å². The van der Waals surface area contributed by atoms with E-state index in [1.807, 2.05) is 7.05 Å². The molecule has 2 heterocycles. The SMILES string of the molecule is CNCC1(C)CCCCN1C(=O)C1CCOCC1. The van der Waals surface area contributed by atoms with Gasteiger partial charge in [-0.3, -0.25) is 4.79 Å². The number of hydrogen-bond acceptors (Lipinski definition) is 3. The summed E-state index contributed by atoms with van der Waals surface area (Å²) in [7, 11) is 1.97. The quantitative estimate of drug-likeness (QED) is 0.828. The summed E-state index contributed by atoms with van der Waals surface area (Å²) < 4.78 is 5.35. The fourth-order valence-corrected chi connectivity index (χ4v) is 3.29. The smallest absolute Gasteiger partial charge is 0.226 e. The van der Waals surface area contributed by atoms with E-state index in [-0.39, 0.29) is 11.5 Å². The van der Waals surface area contributed by atoms with Crippen LogP contribution >= 0.6 is 0 Å². The van der Waals surface area contributed by atoms with Crippen LogP contribution in [0, 0.1) is 5.92 Å². The van der Waals surface area contributed by atoms with Gasteiger partial charge in [0, 0.05) is 32.2 Å². The molecule has 0 aromatic heterocycles. The molecule has 104 valence electrons. The van der Waals surface area contributed by atoms with Gasteiger partial charge >= 0.3 is 0 Å². The van der Waals surface area contributed by atoms with Gasteiger partial charge in [0.05, 0.1) is 5.54 Å².